The van der Waals surface area contributed by atoms with Crippen LogP contribution in [0.5, 0.6) is 0 Å². The SMILES string of the molecule is O=C(O)/C=C/c1c(F)cccc1-c1ccccc1. The zero-order valence-electron chi connectivity index (χ0n) is 9.51. The first-order chi connectivity index (χ1) is 8.68. The summed E-state index contributed by atoms with van der Waals surface area (Å²) in [6.07, 6.45) is 2.21. The summed E-state index contributed by atoms with van der Waals surface area (Å²) in [4.78, 5) is 10.5. The van der Waals surface area contributed by atoms with Crippen molar-refractivity contribution in [3.63, 3.8) is 0 Å². The third-order valence-corrected chi connectivity index (χ3v) is 2.53. The zero-order valence-corrected chi connectivity index (χ0v) is 9.51. The highest BCUT2D eigenvalue weighted by atomic mass is 19.1. The van der Waals surface area contributed by atoms with Crippen LogP contribution in [0.4, 0.5) is 4.39 Å². The lowest BCUT2D eigenvalue weighted by Gasteiger charge is -2.07. The van der Waals surface area contributed by atoms with E-state index in [2.05, 4.69) is 0 Å². The molecule has 2 aromatic carbocycles. The standard InChI is InChI=1S/C15H11FO2/c16-14-8-4-7-12(11-5-2-1-3-6-11)13(14)9-10-15(17)18/h1-10H,(H,17,18)/b10-9+. The molecular weight excluding hydrogens is 231 g/mol. The van der Waals surface area contributed by atoms with Gasteiger partial charge in [-0.25, -0.2) is 9.18 Å². The minimum absolute atomic E-state index is 0.283. The lowest BCUT2D eigenvalue weighted by Crippen LogP contribution is -1.91. The molecule has 0 unspecified atom stereocenters. The van der Waals surface area contributed by atoms with Crippen molar-refractivity contribution >= 4 is 12.0 Å². The molecule has 0 bridgehead atoms. The van der Waals surface area contributed by atoms with E-state index in [9.17, 15) is 9.18 Å². The van der Waals surface area contributed by atoms with E-state index < -0.39 is 11.8 Å². The van der Waals surface area contributed by atoms with E-state index in [4.69, 9.17) is 5.11 Å². The lowest BCUT2D eigenvalue weighted by molar-refractivity contribution is -0.131. The van der Waals surface area contributed by atoms with Crippen LogP contribution in [0, 0.1) is 5.82 Å². The van der Waals surface area contributed by atoms with Crippen LogP contribution < -0.4 is 0 Å². The fourth-order valence-corrected chi connectivity index (χ4v) is 1.73. The van der Waals surface area contributed by atoms with Gasteiger partial charge in [0.05, 0.1) is 0 Å². The van der Waals surface area contributed by atoms with Crippen molar-refractivity contribution in [3.8, 4) is 11.1 Å². The maximum absolute atomic E-state index is 13.7. The highest BCUT2D eigenvalue weighted by Gasteiger charge is 2.07. The molecule has 0 saturated carbocycles. The van der Waals surface area contributed by atoms with Crippen molar-refractivity contribution in [3.05, 3.63) is 66.0 Å². The topological polar surface area (TPSA) is 37.3 Å². The largest absolute Gasteiger partial charge is 0.478 e. The molecule has 0 radical (unpaired) electrons. The number of carboxylic acids is 1. The Balaban J connectivity index is 2.54. The third-order valence-electron chi connectivity index (χ3n) is 2.53. The Morgan fingerprint density at radius 3 is 2.44 bits per heavy atom. The second-order valence-electron chi connectivity index (χ2n) is 3.74. The highest BCUT2D eigenvalue weighted by Crippen LogP contribution is 2.26. The van der Waals surface area contributed by atoms with Crippen LogP contribution in [0.2, 0.25) is 0 Å². The number of rotatable bonds is 3. The summed E-state index contributed by atoms with van der Waals surface area (Å²) in [7, 11) is 0. The molecule has 0 aliphatic rings. The minimum Gasteiger partial charge on any atom is -0.478 e. The fourth-order valence-electron chi connectivity index (χ4n) is 1.73. The first-order valence-corrected chi connectivity index (χ1v) is 5.43. The smallest absolute Gasteiger partial charge is 0.328 e. The van der Waals surface area contributed by atoms with E-state index in [1.165, 1.54) is 12.1 Å². The van der Waals surface area contributed by atoms with E-state index >= 15 is 0 Å². The number of hydrogen-bond acceptors (Lipinski definition) is 1. The summed E-state index contributed by atoms with van der Waals surface area (Å²) < 4.78 is 13.7. The fraction of sp³-hybridized carbons (Fsp3) is 0. The van der Waals surface area contributed by atoms with Crippen molar-refractivity contribution in [2.75, 3.05) is 0 Å². The number of halogens is 1. The Kier molecular flexibility index (Phi) is 3.53. The Morgan fingerprint density at radius 2 is 1.78 bits per heavy atom. The number of carboxylic acid groups (broad SMARTS) is 1. The Hall–Kier alpha value is -2.42. The molecule has 2 rings (SSSR count). The molecular formula is C15H11FO2. The molecule has 0 spiro atoms. The van der Waals surface area contributed by atoms with E-state index in [1.807, 2.05) is 30.3 Å². The zero-order chi connectivity index (χ0) is 13.0. The maximum Gasteiger partial charge on any atom is 0.328 e. The van der Waals surface area contributed by atoms with Gasteiger partial charge >= 0.3 is 5.97 Å². The second-order valence-corrected chi connectivity index (χ2v) is 3.74. The summed E-state index contributed by atoms with van der Waals surface area (Å²) in [5.41, 5.74) is 1.81. The van der Waals surface area contributed by atoms with Crippen LogP contribution in [0.1, 0.15) is 5.56 Å². The predicted molar refractivity (Wildman–Crippen MR) is 68.5 cm³/mol. The van der Waals surface area contributed by atoms with E-state index in [1.54, 1.807) is 12.1 Å². The average Bonchev–Trinajstić information content (AvgIpc) is 2.38. The van der Waals surface area contributed by atoms with Crippen LogP contribution in [0.3, 0.4) is 0 Å². The van der Waals surface area contributed by atoms with Crippen LogP contribution in [0.15, 0.2) is 54.6 Å². The molecule has 0 aromatic heterocycles. The van der Waals surface area contributed by atoms with Crippen LogP contribution in [0.25, 0.3) is 17.2 Å². The molecule has 2 nitrogen and oxygen atoms in total. The molecule has 0 aliphatic heterocycles. The van der Waals surface area contributed by atoms with Crippen molar-refractivity contribution in [1.82, 2.24) is 0 Å². The molecule has 0 atom stereocenters. The van der Waals surface area contributed by atoms with Crippen molar-refractivity contribution in [2.24, 2.45) is 0 Å². The van der Waals surface area contributed by atoms with Crippen LogP contribution >= 0.6 is 0 Å². The van der Waals surface area contributed by atoms with Gasteiger partial charge < -0.3 is 5.11 Å². The highest BCUT2D eigenvalue weighted by molar-refractivity contribution is 5.88. The van der Waals surface area contributed by atoms with Gasteiger partial charge in [-0.05, 0) is 23.3 Å². The molecule has 2 aromatic rings. The molecule has 0 fully saturated rings. The number of aliphatic carboxylic acids is 1. The molecule has 0 saturated heterocycles. The van der Waals surface area contributed by atoms with E-state index in [0.29, 0.717) is 5.56 Å². The Bertz CT molecular complexity index is 589. The molecule has 1 N–H and O–H groups in total. The molecule has 90 valence electrons. The molecule has 18 heavy (non-hydrogen) atoms. The molecule has 3 heteroatoms. The summed E-state index contributed by atoms with van der Waals surface area (Å²) >= 11 is 0. The third kappa shape index (κ3) is 2.63. The molecule has 0 heterocycles. The predicted octanol–water partition coefficient (Wildman–Crippen LogP) is 3.59. The van der Waals surface area contributed by atoms with E-state index in [0.717, 1.165) is 11.6 Å². The summed E-state index contributed by atoms with van der Waals surface area (Å²) in [5, 5.41) is 8.62. The minimum atomic E-state index is -1.10. The van der Waals surface area contributed by atoms with Gasteiger partial charge in [0.2, 0.25) is 0 Å². The van der Waals surface area contributed by atoms with Crippen LogP contribution in [-0.4, -0.2) is 11.1 Å². The number of carbonyl (C=O) groups is 1. The second kappa shape index (κ2) is 5.27. The summed E-state index contributed by atoms with van der Waals surface area (Å²) in [6, 6.07) is 14.0. The van der Waals surface area contributed by atoms with Crippen molar-refractivity contribution in [2.45, 2.75) is 0 Å². The van der Waals surface area contributed by atoms with Gasteiger partial charge in [-0.2, -0.15) is 0 Å². The Morgan fingerprint density at radius 1 is 1.06 bits per heavy atom. The van der Waals surface area contributed by atoms with Gasteiger partial charge in [-0.1, -0.05) is 42.5 Å². The lowest BCUT2D eigenvalue weighted by atomic mass is 9.99. The molecule has 0 amide bonds. The summed E-state index contributed by atoms with van der Waals surface area (Å²) in [5.74, 6) is -1.54. The van der Waals surface area contributed by atoms with Gasteiger partial charge in [-0.15, -0.1) is 0 Å². The Labute approximate surface area is 104 Å². The van der Waals surface area contributed by atoms with Crippen LogP contribution in [-0.2, 0) is 4.79 Å². The molecule has 0 aliphatic carbocycles. The first-order valence-electron chi connectivity index (χ1n) is 5.43. The van der Waals surface area contributed by atoms with Gasteiger partial charge in [0.1, 0.15) is 5.82 Å². The normalized spacial score (nSPS) is 10.7. The van der Waals surface area contributed by atoms with Gasteiger partial charge in [0.25, 0.3) is 0 Å². The number of benzene rings is 2. The summed E-state index contributed by atoms with van der Waals surface area (Å²) in [6.45, 7) is 0. The van der Waals surface area contributed by atoms with Gasteiger partial charge in [0, 0.05) is 11.6 Å². The maximum atomic E-state index is 13.7. The average molecular weight is 242 g/mol. The first kappa shape index (κ1) is 12.0. The van der Waals surface area contributed by atoms with Crippen molar-refractivity contribution < 1.29 is 14.3 Å². The monoisotopic (exact) mass is 242 g/mol. The van der Waals surface area contributed by atoms with Crippen molar-refractivity contribution in [1.29, 1.82) is 0 Å². The van der Waals surface area contributed by atoms with Gasteiger partial charge in [0.15, 0.2) is 0 Å². The quantitative estimate of drug-likeness (QED) is 0.835. The van der Waals surface area contributed by atoms with Gasteiger partial charge in [-0.3, -0.25) is 0 Å². The van der Waals surface area contributed by atoms with E-state index in [-0.39, 0.29) is 5.56 Å². The number of hydrogen-bond donors (Lipinski definition) is 1.